The third-order valence-electron chi connectivity index (χ3n) is 2.56. The van der Waals surface area contributed by atoms with Gasteiger partial charge >= 0.3 is 5.69 Å². The maximum atomic E-state index is 11.7. The topological polar surface area (TPSA) is 117 Å². The van der Waals surface area contributed by atoms with E-state index in [1.807, 2.05) is 0 Å². The quantitative estimate of drug-likeness (QED) is 0.477. The molecule has 8 heteroatoms. The van der Waals surface area contributed by atoms with E-state index in [0.717, 1.165) is 15.3 Å². The third-order valence-corrected chi connectivity index (χ3v) is 2.56. The van der Waals surface area contributed by atoms with Gasteiger partial charge < -0.3 is 15.0 Å². The summed E-state index contributed by atoms with van der Waals surface area (Å²) in [4.78, 5) is 37.2. The van der Waals surface area contributed by atoms with Crippen LogP contribution in [0.1, 0.15) is 18.4 Å². The van der Waals surface area contributed by atoms with Crippen LogP contribution in [0.25, 0.3) is 0 Å². The molecule has 1 aromatic heterocycles. The maximum Gasteiger partial charge on any atom is 0.333 e. The van der Waals surface area contributed by atoms with Gasteiger partial charge in [-0.25, -0.2) is 4.79 Å². The van der Waals surface area contributed by atoms with Gasteiger partial charge in [-0.2, -0.15) is 0 Å². The fourth-order valence-corrected chi connectivity index (χ4v) is 1.44. The molecule has 104 valence electrons. The highest BCUT2D eigenvalue weighted by Gasteiger charge is 2.12. The smallest absolute Gasteiger partial charge is 0.333 e. The first kappa shape index (κ1) is 14.7. The number of hydrogen-bond donors (Lipinski definition) is 1. The van der Waals surface area contributed by atoms with Gasteiger partial charge in [0.25, 0.3) is 5.56 Å². The molecule has 0 amide bonds. The van der Waals surface area contributed by atoms with Gasteiger partial charge in [-0.05, 0) is 12.8 Å². The standard InChI is InChI=1S/C11H15N3O5/c1-13-9(17)7(10(18)14(2)11(13)19)6-12-5-3-4-8(15)16/h6,17H,3-5H2,1-2H3,(H,15,16)/p-1. The van der Waals surface area contributed by atoms with Crippen LogP contribution < -0.4 is 16.4 Å². The van der Waals surface area contributed by atoms with Crippen LogP contribution in [0.2, 0.25) is 0 Å². The van der Waals surface area contributed by atoms with Crippen molar-refractivity contribution in [3.63, 3.8) is 0 Å². The fourth-order valence-electron chi connectivity index (χ4n) is 1.44. The minimum absolute atomic E-state index is 0.113. The summed E-state index contributed by atoms with van der Waals surface area (Å²) in [5, 5.41) is 19.9. The number of rotatable bonds is 5. The first-order chi connectivity index (χ1) is 8.86. The molecular formula is C11H14N3O5-. The summed E-state index contributed by atoms with van der Waals surface area (Å²) < 4.78 is 1.77. The number of aromatic nitrogens is 2. The average molecular weight is 268 g/mol. The first-order valence-corrected chi connectivity index (χ1v) is 5.55. The van der Waals surface area contributed by atoms with Gasteiger partial charge in [0.1, 0.15) is 5.56 Å². The van der Waals surface area contributed by atoms with Gasteiger partial charge in [0.2, 0.25) is 5.88 Å². The molecule has 1 rings (SSSR count). The lowest BCUT2D eigenvalue weighted by molar-refractivity contribution is -0.305. The Labute approximate surface area is 108 Å². The van der Waals surface area contributed by atoms with Crippen molar-refractivity contribution in [2.24, 2.45) is 19.1 Å². The molecule has 0 aromatic carbocycles. The minimum Gasteiger partial charge on any atom is -0.550 e. The molecule has 0 aliphatic rings. The fraction of sp³-hybridized carbons (Fsp3) is 0.455. The zero-order chi connectivity index (χ0) is 14.6. The van der Waals surface area contributed by atoms with Crippen molar-refractivity contribution < 1.29 is 15.0 Å². The zero-order valence-electron chi connectivity index (χ0n) is 10.6. The van der Waals surface area contributed by atoms with E-state index in [0.29, 0.717) is 0 Å². The van der Waals surface area contributed by atoms with Crippen molar-refractivity contribution >= 4 is 12.2 Å². The van der Waals surface area contributed by atoms with E-state index in [9.17, 15) is 24.6 Å². The molecule has 0 fully saturated rings. The van der Waals surface area contributed by atoms with Gasteiger partial charge in [-0.1, -0.05) is 0 Å². The molecule has 0 saturated heterocycles. The van der Waals surface area contributed by atoms with Crippen LogP contribution in [-0.2, 0) is 18.9 Å². The molecule has 8 nitrogen and oxygen atoms in total. The van der Waals surface area contributed by atoms with Crippen molar-refractivity contribution in [3.8, 4) is 5.88 Å². The number of nitrogens with zero attached hydrogens (tertiary/aromatic N) is 3. The highest BCUT2D eigenvalue weighted by molar-refractivity contribution is 5.81. The number of aliphatic carboxylic acids is 1. The zero-order valence-corrected chi connectivity index (χ0v) is 10.6. The number of carboxylic acid groups (broad SMARTS) is 1. The Morgan fingerprint density at radius 1 is 1.37 bits per heavy atom. The summed E-state index contributed by atoms with van der Waals surface area (Å²) in [6, 6.07) is 0. The number of aliphatic imine (C=N–C) groups is 1. The van der Waals surface area contributed by atoms with E-state index < -0.39 is 23.1 Å². The summed E-state index contributed by atoms with van der Waals surface area (Å²) >= 11 is 0. The summed E-state index contributed by atoms with van der Waals surface area (Å²) in [6.45, 7) is 0.180. The highest BCUT2D eigenvalue weighted by atomic mass is 16.4. The molecule has 0 aliphatic carbocycles. The van der Waals surface area contributed by atoms with Crippen molar-refractivity contribution in [1.82, 2.24) is 9.13 Å². The van der Waals surface area contributed by atoms with Crippen molar-refractivity contribution in [2.45, 2.75) is 12.8 Å². The molecule has 0 bridgehead atoms. The van der Waals surface area contributed by atoms with Gasteiger partial charge in [0.05, 0.1) is 0 Å². The van der Waals surface area contributed by atoms with Crippen molar-refractivity contribution in [1.29, 1.82) is 0 Å². The monoisotopic (exact) mass is 268 g/mol. The number of carbonyl (C=O) groups excluding carboxylic acids is 1. The van der Waals surface area contributed by atoms with Crippen molar-refractivity contribution in [2.75, 3.05) is 6.54 Å². The van der Waals surface area contributed by atoms with Crippen LogP contribution in [0.4, 0.5) is 0 Å². The van der Waals surface area contributed by atoms with Gasteiger partial charge in [0, 0.05) is 32.8 Å². The van der Waals surface area contributed by atoms with Crippen LogP contribution in [0.3, 0.4) is 0 Å². The molecule has 0 radical (unpaired) electrons. The van der Waals surface area contributed by atoms with Gasteiger partial charge in [0.15, 0.2) is 0 Å². The van der Waals surface area contributed by atoms with Crippen LogP contribution in [0.5, 0.6) is 5.88 Å². The summed E-state index contributed by atoms with van der Waals surface area (Å²) in [5.41, 5.74) is -1.42. The second-order valence-corrected chi connectivity index (χ2v) is 3.95. The average Bonchev–Trinajstić information content (AvgIpc) is 2.37. The lowest BCUT2D eigenvalue weighted by Crippen LogP contribution is -2.38. The van der Waals surface area contributed by atoms with E-state index >= 15 is 0 Å². The Hall–Kier alpha value is -2.38. The SMILES string of the molecule is Cn1c(O)c(C=NCCCC(=O)[O-])c(=O)n(C)c1=O. The molecule has 19 heavy (non-hydrogen) atoms. The molecule has 1 aromatic rings. The Bertz CT molecular complexity index is 626. The summed E-state index contributed by atoms with van der Waals surface area (Å²) in [5.74, 6) is -1.65. The molecule has 0 unspecified atom stereocenters. The normalized spacial score (nSPS) is 11.1. The predicted octanol–water partition coefficient (Wildman–Crippen LogP) is -2.26. The highest BCUT2D eigenvalue weighted by Crippen LogP contribution is 2.05. The van der Waals surface area contributed by atoms with E-state index in [-0.39, 0.29) is 24.9 Å². The van der Waals surface area contributed by atoms with Crippen LogP contribution in [0, 0.1) is 0 Å². The van der Waals surface area contributed by atoms with Crippen LogP contribution in [0.15, 0.2) is 14.6 Å². The second-order valence-electron chi connectivity index (χ2n) is 3.95. The molecular weight excluding hydrogens is 254 g/mol. The minimum atomic E-state index is -1.17. The van der Waals surface area contributed by atoms with E-state index in [1.54, 1.807) is 0 Å². The van der Waals surface area contributed by atoms with E-state index in [1.165, 1.54) is 14.1 Å². The largest absolute Gasteiger partial charge is 0.550 e. The Morgan fingerprint density at radius 3 is 2.58 bits per heavy atom. The number of carboxylic acids is 1. The molecule has 0 aliphatic heterocycles. The summed E-state index contributed by atoms with van der Waals surface area (Å²) in [6.07, 6.45) is 1.27. The number of hydrogen-bond acceptors (Lipinski definition) is 6. The van der Waals surface area contributed by atoms with E-state index in [4.69, 9.17) is 0 Å². The van der Waals surface area contributed by atoms with Gasteiger partial charge in [-0.15, -0.1) is 0 Å². The molecule has 1 N–H and O–H groups in total. The first-order valence-electron chi connectivity index (χ1n) is 5.55. The van der Waals surface area contributed by atoms with Crippen LogP contribution >= 0.6 is 0 Å². The number of carbonyl (C=O) groups is 1. The predicted molar refractivity (Wildman–Crippen MR) is 65.3 cm³/mol. The third kappa shape index (κ3) is 3.30. The van der Waals surface area contributed by atoms with E-state index in [2.05, 4.69) is 4.99 Å². The Balaban J connectivity index is 2.97. The molecule has 1 heterocycles. The maximum absolute atomic E-state index is 11.7. The molecule has 0 spiro atoms. The Morgan fingerprint density at radius 2 is 2.00 bits per heavy atom. The number of aromatic hydroxyl groups is 1. The lowest BCUT2D eigenvalue weighted by Gasteiger charge is -2.07. The van der Waals surface area contributed by atoms with Crippen molar-refractivity contribution in [3.05, 3.63) is 26.4 Å². The van der Waals surface area contributed by atoms with Crippen LogP contribution in [-0.4, -0.2) is 33.0 Å². The Kier molecular flexibility index (Phi) is 4.62. The lowest BCUT2D eigenvalue weighted by atomic mass is 10.3. The molecule has 0 atom stereocenters. The van der Waals surface area contributed by atoms with Gasteiger partial charge in [-0.3, -0.25) is 18.9 Å². The second kappa shape index (κ2) is 5.98. The molecule has 0 saturated carbocycles. The summed E-state index contributed by atoms with van der Waals surface area (Å²) in [7, 11) is 2.61.